The molecule has 4 heterocycles. The van der Waals surface area contributed by atoms with E-state index in [1.54, 1.807) is 0 Å². The van der Waals surface area contributed by atoms with Gasteiger partial charge in [-0.1, -0.05) is 115 Å². The predicted molar refractivity (Wildman–Crippen MR) is 200 cm³/mol. The van der Waals surface area contributed by atoms with Crippen molar-refractivity contribution < 1.29 is 0 Å². The molecule has 0 unspecified atom stereocenters. The molecule has 7 aromatic carbocycles. The second-order valence-corrected chi connectivity index (χ2v) is 12.8. The van der Waals surface area contributed by atoms with Crippen LogP contribution in [0.3, 0.4) is 0 Å². The minimum atomic E-state index is 0.0722. The lowest BCUT2D eigenvalue weighted by Crippen LogP contribution is -2.59. The Labute approximate surface area is 277 Å². The number of para-hydroxylation sites is 5. The summed E-state index contributed by atoms with van der Waals surface area (Å²) >= 11 is 0. The van der Waals surface area contributed by atoms with Crippen molar-refractivity contribution in [3.8, 4) is 22.8 Å². The molecule has 222 valence electrons. The lowest BCUT2D eigenvalue weighted by Gasteiger charge is -2.35. The molecule has 2 aliphatic rings. The fraction of sp³-hybridized carbons (Fsp3) is 0. The van der Waals surface area contributed by atoms with Gasteiger partial charge in [-0.05, 0) is 64.9 Å². The maximum Gasteiger partial charge on any atom is 0.252 e. The number of hydrogen-bond donors (Lipinski definition) is 0. The van der Waals surface area contributed by atoms with E-state index in [1.165, 1.54) is 55.1 Å². The van der Waals surface area contributed by atoms with E-state index in [0.29, 0.717) is 0 Å². The third kappa shape index (κ3) is 3.37. The molecule has 0 amide bonds. The summed E-state index contributed by atoms with van der Waals surface area (Å²) in [7, 11) is 0. The van der Waals surface area contributed by atoms with Gasteiger partial charge in [0.25, 0.3) is 6.71 Å². The van der Waals surface area contributed by atoms with Crippen LogP contribution < -0.4 is 21.3 Å². The van der Waals surface area contributed by atoms with Crippen LogP contribution in [0.25, 0.3) is 55.6 Å². The van der Waals surface area contributed by atoms with Gasteiger partial charge in [-0.2, -0.15) is 0 Å². The van der Waals surface area contributed by atoms with Crippen molar-refractivity contribution >= 4 is 73.0 Å². The Kier molecular flexibility index (Phi) is 5.16. The molecule has 5 heteroatoms. The van der Waals surface area contributed by atoms with E-state index in [0.717, 1.165) is 34.0 Å². The molecule has 4 nitrogen and oxygen atoms in total. The minimum Gasteiger partial charge on any atom is -0.310 e. The van der Waals surface area contributed by atoms with Crippen molar-refractivity contribution in [2.45, 2.75) is 0 Å². The number of fused-ring (bicyclic) bond motifs is 7. The van der Waals surface area contributed by atoms with Crippen LogP contribution in [0.4, 0.5) is 17.1 Å². The molecule has 0 saturated carbocycles. The van der Waals surface area contributed by atoms with Crippen LogP contribution in [-0.4, -0.2) is 20.8 Å². The highest BCUT2D eigenvalue weighted by Gasteiger charge is 2.41. The number of anilines is 3. The quantitative estimate of drug-likeness (QED) is 0.187. The Balaban J connectivity index is 1.34. The molecular weight excluding hydrogens is 583 g/mol. The molecule has 9 aromatic rings. The van der Waals surface area contributed by atoms with Gasteiger partial charge in [0.1, 0.15) is 5.82 Å². The van der Waals surface area contributed by atoms with Crippen molar-refractivity contribution in [2.75, 3.05) is 4.90 Å². The number of nitrogens with zero attached hydrogens (tertiary/aromatic N) is 4. The number of imidazole rings is 1. The van der Waals surface area contributed by atoms with Gasteiger partial charge in [0, 0.05) is 44.6 Å². The van der Waals surface area contributed by atoms with Gasteiger partial charge in [0.2, 0.25) is 0 Å². The van der Waals surface area contributed by atoms with Gasteiger partial charge >= 0.3 is 0 Å². The Bertz CT molecular complexity index is 2690. The zero-order chi connectivity index (χ0) is 31.3. The normalized spacial score (nSPS) is 12.5. The second kappa shape index (κ2) is 9.60. The lowest BCUT2D eigenvalue weighted by molar-refractivity contribution is 1.09. The highest BCUT2D eigenvalue weighted by atomic mass is 15.2. The molecule has 0 radical (unpaired) electrons. The molecule has 11 rings (SSSR count). The highest BCUT2D eigenvalue weighted by Crippen LogP contribution is 2.42. The summed E-state index contributed by atoms with van der Waals surface area (Å²) in [4.78, 5) is 7.72. The summed E-state index contributed by atoms with van der Waals surface area (Å²) in [5, 5.41) is 2.57. The zero-order valence-electron chi connectivity index (χ0n) is 26.0. The van der Waals surface area contributed by atoms with Crippen molar-refractivity contribution in [2.24, 2.45) is 0 Å². The monoisotopic (exact) mass is 610 g/mol. The maximum absolute atomic E-state index is 5.34. The van der Waals surface area contributed by atoms with Gasteiger partial charge in [-0.15, -0.1) is 0 Å². The largest absolute Gasteiger partial charge is 0.310 e. The van der Waals surface area contributed by atoms with Crippen molar-refractivity contribution in [3.63, 3.8) is 0 Å². The topological polar surface area (TPSA) is 26.0 Å². The van der Waals surface area contributed by atoms with Crippen molar-refractivity contribution in [3.05, 3.63) is 164 Å². The van der Waals surface area contributed by atoms with E-state index in [2.05, 4.69) is 178 Å². The van der Waals surface area contributed by atoms with Crippen LogP contribution in [-0.2, 0) is 0 Å². The maximum atomic E-state index is 5.34. The molecule has 0 atom stereocenters. The van der Waals surface area contributed by atoms with Crippen LogP contribution in [0.1, 0.15) is 0 Å². The first-order valence-corrected chi connectivity index (χ1v) is 16.5. The summed E-state index contributed by atoms with van der Waals surface area (Å²) in [6.07, 6.45) is 0. The summed E-state index contributed by atoms with van der Waals surface area (Å²) in [5.41, 5.74) is 15.5. The third-order valence-electron chi connectivity index (χ3n) is 10.3. The molecule has 0 bridgehead atoms. The second-order valence-electron chi connectivity index (χ2n) is 12.8. The zero-order valence-corrected chi connectivity index (χ0v) is 26.0. The summed E-state index contributed by atoms with van der Waals surface area (Å²) in [5.74, 6) is 0.961. The number of benzene rings is 7. The molecule has 0 saturated heterocycles. The molecule has 0 N–H and O–H groups in total. The van der Waals surface area contributed by atoms with Gasteiger partial charge in [0.15, 0.2) is 0 Å². The van der Waals surface area contributed by atoms with E-state index in [9.17, 15) is 0 Å². The molecule has 0 spiro atoms. The standard InChI is InChI=1S/C43H27BN4/c1-4-14-28(15-5-1)43-45-36-24-13-23-35-42(36)48(43)39-27-31(46(29-16-6-2-7-17-29)30-18-8-3-9-19-30)26-38-40(39)44(35)34-22-12-21-33-32-20-10-11-25-37(32)47(38)41(33)34/h1-27H. The van der Waals surface area contributed by atoms with E-state index >= 15 is 0 Å². The smallest absolute Gasteiger partial charge is 0.252 e. The number of aromatic nitrogens is 3. The fourth-order valence-electron chi connectivity index (χ4n) is 8.41. The Morgan fingerprint density at radius 3 is 1.79 bits per heavy atom. The third-order valence-corrected chi connectivity index (χ3v) is 10.3. The lowest BCUT2D eigenvalue weighted by atomic mass is 9.34. The number of hydrogen-bond acceptors (Lipinski definition) is 2. The van der Waals surface area contributed by atoms with Crippen LogP contribution in [0.5, 0.6) is 0 Å². The van der Waals surface area contributed by atoms with E-state index in [4.69, 9.17) is 4.98 Å². The van der Waals surface area contributed by atoms with Crippen LogP contribution in [0, 0.1) is 0 Å². The van der Waals surface area contributed by atoms with Crippen LogP contribution in [0.2, 0.25) is 0 Å². The first-order valence-electron chi connectivity index (χ1n) is 16.5. The van der Waals surface area contributed by atoms with E-state index in [1.807, 2.05) is 0 Å². The number of rotatable bonds is 4. The van der Waals surface area contributed by atoms with Crippen molar-refractivity contribution in [1.29, 1.82) is 0 Å². The summed E-state index contributed by atoms with van der Waals surface area (Å²) < 4.78 is 4.96. The Morgan fingerprint density at radius 2 is 1.06 bits per heavy atom. The Morgan fingerprint density at radius 1 is 0.479 bits per heavy atom. The average Bonchev–Trinajstić information content (AvgIpc) is 3.71. The first-order chi connectivity index (χ1) is 23.8. The van der Waals surface area contributed by atoms with E-state index < -0.39 is 0 Å². The first kappa shape index (κ1) is 25.8. The Hall–Kier alpha value is -6.33. The van der Waals surface area contributed by atoms with E-state index in [-0.39, 0.29) is 6.71 Å². The van der Waals surface area contributed by atoms with Gasteiger partial charge in [0.05, 0.1) is 22.2 Å². The van der Waals surface area contributed by atoms with Gasteiger partial charge in [-0.3, -0.25) is 4.57 Å². The molecule has 0 aliphatic carbocycles. The highest BCUT2D eigenvalue weighted by molar-refractivity contribution is 7.00. The molecule has 48 heavy (non-hydrogen) atoms. The van der Waals surface area contributed by atoms with Gasteiger partial charge < -0.3 is 9.47 Å². The molecule has 2 aromatic heterocycles. The SMILES string of the molecule is c1ccc(-c2nc3cccc4c3n2-c2cc(N(c3ccccc3)c3ccccc3)cc3c2B4c2cccc4c5ccccc5n-3c24)cc1. The minimum absolute atomic E-state index is 0.0722. The molecule has 0 fully saturated rings. The van der Waals surface area contributed by atoms with Crippen LogP contribution >= 0.6 is 0 Å². The molecular formula is C43H27BN4. The van der Waals surface area contributed by atoms with Crippen molar-refractivity contribution in [1.82, 2.24) is 14.1 Å². The predicted octanol–water partition coefficient (Wildman–Crippen LogP) is 8.40. The summed E-state index contributed by atoms with van der Waals surface area (Å²) in [6.45, 7) is 0.0722. The van der Waals surface area contributed by atoms with Crippen LogP contribution in [0.15, 0.2) is 164 Å². The average molecular weight is 611 g/mol. The van der Waals surface area contributed by atoms with Gasteiger partial charge in [-0.25, -0.2) is 4.98 Å². The summed E-state index contributed by atoms with van der Waals surface area (Å²) in [6, 6.07) is 59.2. The molecule has 2 aliphatic heterocycles. The fourth-order valence-corrected chi connectivity index (χ4v) is 8.41.